The minimum Gasteiger partial charge on any atom is -0.462 e. The standard InChI is InChI=1S/C19H28O4/c1-4-6-15(18(20)22-11-13(2)3)12-23-19(21)17-8-5-7-14-9-10-16(14)17/h6,8,13-14,16H,4-5,7,9-12H2,1-3H3/b15-6+. The van der Waals surface area contributed by atoms with Gasteiger partial charge in [-0.15, -0.1) is 0 Å². The van der Waals surface area contributed by atoms with Gasteiger partial charge in [-0.3, -0.25) is 0 Å². The molecule has 0 amide bonds. The second-order valence-electron chi connectivity index (χ2n) is 6.89. The van der Waals surface area contributed by atoms with Crippen LogP contribution in [-0.2, 0) is 19.1 Å². The number of hydrogen-bond donors (Lipinski definition) is 0. The van der Waals surface area contributed by atoms with E-state index in [9.17, 15) is 9.59 Å². The Morgan fingerprint density at radius 2 is 2.04 bits per heavy atom. The lowest BCUT2D eigenvalue weighted by Gasteiger charge is -2.40. The van der Waals surface area contributed by atoms with Gasteiger partial charge in [0.15, 0.2) is 0 Å². The van der Waals surface area contributed by atoms with Crippen LogP contribution in [0.4, 0.5) is 0 Å². The first-order valence-corrected chi connectivity index (χ1v) is 8.76. The van der Waals surface area contributed by atoms with Crippen molar-refractivity contribution in [2.45, 2.75) is 52.9 Å². The van der Waals surface area contributed by atoms with Crippen molar-refractivity contribution < 1.29 is 19.1 Å². The van der Waals surface area contributed by atoms with Crippen LogP contribution in [0.5, 0.6) is 0 Å². The Hall–Kier alpha value is -1.58. The molecule has 0 aromatic carbocycles. The predicted octanol–water partition coefficient (Wildman–Crippen LogP) is 3.81. The third-order valence-corrected chi connectivity index (χ3v) is 4.57. The summed E-state index contributed by atoms with van der Waals surface area (Å²) in [6.45, 7) is 6.30. The summed E-state index contributed by atoms with van der Waals surface area (Å²) in [7, 11) is 0. The van der Waals surface area contributed by atoms with E-state index in [1.54, 1.807) is 6.08 Å². The topological polar surface area (TPSA) is 52.6 Å². The summed E-state index contributed by atoms with van der Waals surface area (Å²) in [5.41, 5.74) is 1.25. The predicted molar refractivity (Wildman–Crippen MR) is 88.7 cm³/mol. The molecule has 2 aliphatic rings. The molecule has 128 valence electrons. The molecule has 23 heavy (non-hydrogen) atoms. The van der Waals surface area contributed by atoms with Gasteiger partial charge in [0.1, 0.15) is 6.61 Å². The summed E-state index contributed by atoms with van der Waals surface area (Å²) in [5.74, 6) is 0.671. The van der Waals surface area contributed by atoms with E-state index in [1.807, 2.05) is 26.8 Å². The zero-order chi connectivity index (χ0) is 16.8. The molecule has 0 radical (unpaired) electrons. The average Bonchev–Trinajstić information content (AvgIpc) is 2.49. The third kappa shape index (κ3) is 4.69. The van der Waals surface area contributed by atoms with Crippen molar-refractivity contribution in [2.24, 2.45) is 17.8 Å². The van der Waals surface area contributed by atoms with Gasteiger partial charge in [0.2, 0.25) is 0 Å². The van der Waals surface area contributed by atoms with E-state index >= 15 is 0 Å². The fourth-order valence-electron chi connectivity index (χ4n) is 3.17. The number of carbonyl (C=O) groups is 2. The highest BCUT2D eigenvalue weighted by Gasteiger charge is 2.38. The van der Waals surface area contributed by atoms with Crippen LogP contribution in [0.3, 0.4) is 0 Å². The van der Waals surface area contributed by atoms with Crippen LogP contribution in [-0.4, -0.2) is 25.2 Å². The van der Waals surface area contributed by atoms with E-state index in [0.29, 0.717) is 30.4 Å². The Labute approximate surface area is 138 Å². The van der Waals surface area contributed by atoms with Crippen LogP contribution in [0, 0.1) is 17.8 Å². The first-order valence-electron chi connectivity index (χ1n) is 8.76. The van der Waals surface area contributed by atoms with Crippen LogP contribution in [0.1, 0.15) is 52.9 Å². The van der Waals surface area contributed by atoms with Crippen molar-refractivity contribution in [3.05, 3.63) is 23.3 Å². The van der Waals surface area contributed by atoms with E-state index < -0.39 is 0 Å². The molecule has 2 unspecified atom stereocenters. The highest BCUT2D eigenvalue weighted by atomic mass is 16.5. The molecule has 1 saturated carbocycles. The maximum atomic E-state index is 12.3. The minimum absolute atomic E-state index is 0.00166. The Bertz CT molecular complexity index is 501. The maximum absolute atomic E-state index is 12.3. The molecule has 0 heterocycles. The zero-order valence-corrected chi connectivity index (χ0v) is 14.5. The highest BCUT2D eigenvalue weighted by molar-refractivity contribution is 5.92. The number of ether oxygens (including phenoxy) is 2. The average molecular weight is 320 g/mol. The van der Waals surface area contributed by atoms with Crippen molar-refractivity contribution in [3.63, 3.8) is 0 Å². The fourth-order valence-corrected chi connectivity index (χ4v) is 3.17. The summed E-state index contributed by atoms with van der Waals surface area (Å²) in [6.07, 6.45) is 8.94. The van der Waals surface area contributed by atoms with Crippen molar-refractivity contribution in [1.29, 1.82) is 0 Å². The summed E-state index contributed by atoms with van der Waals surface area (Å²) in [4.78, 5) is 24.4. The number of esters is 2. The number of allylic oxidation sites excluding steroid dienone is 2. The molecule has 1 fully saturated rings. The van der Waals surface area contributed by atoms with Crippen LogP contribution < -0.4 is 0 Å². The van der Waals surface area contributed by atoms with Gasteiger partial charge in [0, 0.05) is 5.57 Å². The van der Waals surface area contributed by atoms with E-state index in [2.05, 4.69) is 0 Å². The molecule has 0 spiro atoms. The molecule has 0 saturated heterocycles. The molecular weight excluding hydrogens is 292 g/mol. The molecule has 4 heteroatoms. The normalized spacial score (nSPS) is 23.7. The summed E-state index contributed by atoms with van der Waals surface area (Å²) in [6, 6.07) is 0. The van der Waals surface area contributed by atoms with Gasteiger partial charge in [0.05, 0.1) is 12.2 Å². The molecule has 0 aromatic heterocycles. The summed E-state index contributed by atoms with van der Waals surface area (Å²) < 4.78 is 10.6. The Morgan fingerprint density at radius 3 is 2.65 bits per heavy atom. The maximum Gasteiger partial charge on any atom is 0.337 e. The summed E-state index contributed by atoms with van der Waals surface area (Å²) >= 11 is 0. The van der Waals surface area contributed by atoms with Crippen molar-refractivity contribution >= 4 is 11.9 Å². The van der Waals surface area contributed by atoms with E-state index in [4.69, 9.17) is 9.47 Å². The zero-order valence-electron chi connectivity index (χ0n) is 14.5. The van der Waals surface area contributed by atoms with E-state index in [1.165, 1.54) is 12.8 Å². The van der Waals surface area contributed by atoms with Gasteiger partial charge in [0.25, 0.3) is 0 Å². The highest BCUT2D eigenvalue weighted by Crippen LogP contribution is 2.45. The molecular formula is C19H28O4. The smallest absolute Gasteiger partial charge is 0.337 e. The number of fused-ring (bicyclic) bond motifs is 1. The lowest BCUT2D eigenvalue weighted by Crippen LogP contribution is -2.34. The SMILES string of the molecule is CC/C=C(\COC(=O)C1=CCCC2CCC12)C(=O)OCC(C)C. The quantitative estimate of drug-likeness (QED) is 0.529. The van der Waals surface area contributed by atoms with Crippen molar-refractivity contribution in [3.8, 4) is 0 Å². The number of hydrogen-bond acceptors (Lipinski definition) is 4. The summed E-state index contributed by atoms with van der Waals surface area (Å²) in [5, 5.41) is 0. The molecule has 0 bridgehead atoms. The second kappa shape index (κ2) is 8.32. The Kier molecular flexibility index (Phi) is 6.43. The largest absolute Gasteiger partial charge is 0.462 e. The monoisotopic (exact) mass is 320 g/mol. The van der Waals surface area contributed by atoms with E-state index in [0.717, 1.165) is 18.4 Å². The van der Waals surface area contributed by atoms with Gasteiger partial charge in [-0.1, -0.05) is 32.9 Å². The third-order valence-electron chi connectivity index (χ3n) is 4.57. The van der Waals surface area contributed by atoms with Crippen LogP contribution in [0.15, 0.2) is 23.3 Å². The molecule has 2 aliphatic carbocycles. The van der Waals surface area contributed by atoms with Crippen LogP contribution >= 0.6 is 0 Å². The molecule has 0 aromatic rings. The lowest BCUT2D eigenvalue weighted by molar-refractivity contribution is -0.143. The molecule has 0 N–H and O–H groups in total. The lowest BCUT2D eigenvalue weighted by atomic mass is 9.65. The minimum atomic E-state index is -0.382. The van der Waals surface area contributed by atoms with Crippen molar-refractivity contribution in [2.75, 3.05) is 13.2 Å². The first kappa shape index (κ1) is 17.8. The van der Waals surface area contributed by atoms with Gasteiger partial charge in [-0.2, -0.15) is 0 Å². The van der Waals surface area contributed by atoms with Gasteiger partial charge < -0.3 is 9.47 Å². The Morgan fingerprint density at radius 1 is 1.26 bits per heavy atom. The van der Waals surface area contributed by atoms with E-state index in [-0.39, 0.29) is 24.5 Å². The first-order chi connectivity index (χ1) is 11.0. The van der Waals surface area contributed by atoms with Crippen LogP contribution in [0.2, 0.25) is 0 Å². The second-order valence-corrected chi connectivity index (χ2v) is 6.89. The molecule has 2 rings (SSSR count). The molecule has 2 atom stereocenters. The number of rotatable bonds is 7. The Balaban J connectivity index is 1.88. The van der Waals surface area contributed by atoms with Crippen LogP contribution in [0.25, 0.3) is 0 Å². The molecule has 0 aliphatic heterocycles. The van der Waals surface area contributed by atoms with Gasteiger partial charge >= 0.3 is 11.9 Å². The number of carbonyl (C=O) groups excluding carboxylic acids is 2. The van der Waals surface area contributed by atoms with Crippen molar-refractivity contribution in [1.82, 2.24) is 0 Å². The fraction of sp³-hybridized carbons (Fsp3) is 0.684. The molecule has 4 nitrogen and oxygen atoms in total. The van der Waals surface area contributed by atoms with Gasteiger partial charge in [-0.25, -0.2) is 9.59 Å². The van der Waals surface area contributed by atoms with Gasteiger partial charge in [-0.05, 0) is 49.9 Å².